The molecule has 14 heavy (non-hydrogen) atoms. The highest BCUT2D eigenvalue weighted by atomic mass is 32.1. The Morgan fingerprint density at radius 3 is 2.43 bits per heavy atom. The van der Waals surface area contributed by atoms with Gasteiger partial charge in [0.25, 0.3) is 0 Å². The van der Waals surface area contributed by atoms with Crippen molar-refractivity contribution in [2.75, 3.05) is 11.5 Å². The molecule has 1 aliphatic rings. The number of nitrogens with two attached hydrogens (primary N) is 1. The zero-order valence-electron chi connectivity index (χ0n) is 8.37. The molecule has 0 aliphatic heterocycles. The smallest absolute Gasteiger partial charge is 0.0352 e. The van der Waals surface area contributed by atoms with Crippen molar-refractivity contribution in [3.63, 3.8) is 0 Å². The second-order valence-electron chi connectivity index (χ2n) is 4.23. The number of nitrogen functional groups attached to an aromatic ring is 1. The van der Waals surface area contributed by atoms with E-state index in [0.717, 1.165) is 11.4 Å². The van der Waals surface area contributed by atoms with Crippen LogP contribution in [0.4, 0.5) is 5.69 Å². The summed E-state index contributed by atoms with van der Waals surface area (Å²) in [7, 11) is 0. The summed E-state index contributed by atoms with van der Waals surface area (Å²) in [4.78, 5) is 0. The molecule has 1 fully saturated rings. The van der Waals surface area contributed by atoms with Crippen molar-refractivity contribution in [3.8, 4) is 0 Å². The van der Waals surface area contributed by atoms with E-state index in [1.54, 1.807) is 0 Å². The monoisotopic (exact) mass is 207 g/mol. The van der Waals surface area contributed by atoms with Crippen LogP contribution in [0.15, 0.2) is 24.3 Å². The number of para-hydroxylation sites is 1. The minimum absolute atomic E-state index is 0.258. The van der Waals surface area contributed by atoms with Crippen LogP contribution in [0.2, 0.25) is 0 Å². The lowest BCUT2D eigenvalue weighted by Crippen LogP contribution is -2.25. The normalized spacial score (nSPS) is 19.8. The molecule has 0 heterocycles. The summed E-state index contributed by atoms with van der Waals surface area (Å²) in [5, 5.41) is 0. The average Bonchev–Trinajstić information content (AvgIpc) is 2.68. The van der Waals surface area contributed by atoms with Crippen LogP contribution in [-0.2, 0) is 5.41 Å². The Hall–Kier alpha value is -0.630. The van der Waals surface area contributed by atoms with Crippen LogP contribution < -0.4 is 5.73 Å². The third-order valence-corrected chi connectivity index (χ3v) is 4.00. The third kappa shape index (κ3) is 1.52. The predicted molar refractivity (Wildman–Crippen MR) is 64.9 cm³/mol. The van der Waals surface area contributed by atoms with E-state index >= 15 is 0 Å². The van der Waals surface area contributed by atoms with Crippen LogP contribution in [0.25, 0.3) is 0 Å². The first-order valence-electron chi connectivity index (χ1n) is 5.24. The van der Waals surface area contributed by atoms with Gasteiger partial charge in [0, 0.05) is 16.9 Å². The average molecular weight is 207 g/mol. The Morgan fingerprint density at radius 1 is 1.21 bits per heavy atom. The molecule has 0 unspecified atom stereocenters. The molecular formula is C12H17NS. The minimum atomic E-state index is 0.258. The zero-order chi connectivity index (χ0) is 10.0. The van der Waals surface area contributed by atoms with Crippen LogP contribution in [0.3, 0.4) is 0 Å². The maximum Gasteiger partial charge on any atom is 0.0352 e. The van der Waals surface area contributed by atoms with E-state index in [1.165, 1.54) is 31.2 Å². The maximum atomic E-state index is 6.03. The van der Waals surface area contributed by atoms with Crippen molar-refractivity contribution >= 4 is 18.3 Å². The van der Waals surface area contributed by atoms with E-state index in [1.807, 2.05) is 12.1 Å². The molecule has 1 aromatic rings. The molecule has 1 aliphatic carbocycles. The third-order valence-electron chi connectivity index (χ3n) is 3.40. The highest BCUT2D eigenvalue weighted by Gasteiger charge is 2.35. The van der Waals surface area contributed by atoms with Crippen LogP contribution in [-0.4, -0.2) is 5.75 Å². The van der Waals surface area contributed by atoms with E-state index in [4.69, 9.17) is 5.73 Å². The summed E-state index contributed by atoms with van der Waals surface area (Å²) in [5.74, 6) is 0.918. The standard InChI is InChI=1S/C12H17NS/c13-11-6-2-1-5-10(11)12(9-14)7-3-4-8-12/h1-2,5-6,14H,3-4,7-9,13H2. The van der Waals surface area contributed by atoms with E-state index in [9.17, 15) is 0 Å². The molecule has 0 amide bonds. The summed E-state index contributed by atoms with van der Waals surface area (Å²) >= 11 is 4.50. The molecule has 0 spiro atoms. The first-order chi connectivity index (χ1) is 6.78. The lowest BCUT2D eigenvalue weighted by atomic mass is 9.80. The summed E-state index contributed by atoms with van der Waals surface area (Å²) in [6, 6.07) is 8.24. The summed E-state index contributed by atoms with van der Waals surface area (Å²) in [5.41, 5.74) is 8.53. The van der Waals surface area contributed by atoms with Gasteiger partial charge in [-0.2, -0.15) is 12.6 Å². The molecule has 1 aromatic carbocycles. The van der Waals surface area contributed by atoms with Crippen molar-refractivity contribution in [1.29, 1.82) is 0 Å². The van der Waals surface area contributed by atoms with E-state index in [-0.39, 0.29) is 5.41 Å². The number of thiol groups is 1. The molecule has 76 valence electrons. The maximum absolute atomic E-state index is 6.03. The Morgan fingerprint density at radius 2 is 1.86 bits per heavy atom. The van der Waals surface area contributed by atoms with Gasteiger partial charge in [0.1, 0.15) is 0 Å². The number of hydrogen-bond acceptors (Lipinski definition) is 2. The van der Waals surface area contributed by atoms with Crippen LogP contribution in [0.1, 0.15) is 31.2 Å². The van der Waals surface area contributed by atoms with Gasteiger partial charge in [-0.3, -0.25) is 0 Å². The van der Waals surface area contributed by atoms with Crippen molar-refractivity contribution in [2.45, 2.75) is 31.1 Å². The Kier molecular flexibility index (Phi) is 2.73. The van der Waals surface area contributed by atoms with Crippen molar-refractivity contribution in [3.05, 3.63) is 29.8 Å². The second-order valence-corrected chi connectivity index (χ2v) is 4.55. The minimum Gasteiger partial charge on any atom is -0.398 e. The number of hydrogen-bond donors (Lipinski definition) is 2. The fraction of sp³-hybridized carbons (Fsp3) is 0.500. The molecule has 1 nitrogen and oxygen atoms in total. The zero-order valence-corrected chi connectivity index (χ0v) is 9.26. The number of rotatable bonds is 2. The fourth-order valence-corrected chi connectivity index (χ4v) is 3.03. The summed E-state index contributed by atoms with van der Waals surface area (Å²) in [6.45, 7) is 0. The first kappa shape index (κ1) is 9.91. The van der Waals surface area contributed by atoms with Crippen LogP contribution >= 0.6 is 12.6 Å². The highest BCUT2D eigenvalue weighted by Crippen LogP contribution is 2.43. The molecule has 2 rings (SSSR count). The lowest BCUT2D eigenvalue weighted by molar-refractivity contribution is 0.505. The van der Waals surface area contributed by atoms with Crippen molar-refractivity contribution in [1.82, 2.24) is 0 Å². The van der Waals surface area contributed by atoms with Gasteiger partial charge in [-0.15, -0.1) is 0 Å². The quantitative estimate of drug-likeness (QED) is 0.566. The Balaban J connectivity index is 2.41. The van der Waals surface area contributed by atoms with E-state index < -0.39 is 0 Å². The number of benzene rings is 1. The first-order valence-corrected chi connectivity index (χ1v) is 5.88. The fourth-order valence-electron chi connectivity index (χ4n) is 2.54. The Bertz CT molecular complexity index is 316. The van der Waals surface area contributed by atoms with Gasteiger partial charge in [0.2, 0.25) is 0 Å². The summed E-state index contributed by atoms with van der Waals surface area (Å²) < 4.78 is 0. The van der Waals surface area contributed by atoms with Gasteiger partial charge >= 0.3 is 0 Å². The molecule has 1 saturated carbocycles. The summed E-state index contributed by atoms with van der Waals surface area (Å²) in [6.07, 6.45) is 5.11. The molecular weight excluding hydrogens is 190 g/mol. The number of anilines is 1. The SMILES string of the molecule is Nc1ccccc1C1(CS)CCCC1. The molecule has 0 saturated heterocycles. The van der Waals surface area contributed by atoms with Gasteiger partial charge in [0.05, 0.1) is 0 Å². The van der Waals surface area contributed by atoms with E-state index in [2.05, 4.69) is 24.8 Å². The van der Waals surface area contributed by atoms with Gasteiger partial charge < -0.3 is 5.73 Å². The molecule has 2 heteroatoms. The van der Waals surface area contributed by atoms with Crippen molar-refractivity contribution in [2.24, 2.45) is 0 Å². The molecule has 0 atom stereocenters. The molecule has 0 aromatic heterocycles. The largest absolute Gasteiger partial charge is 0.398 e. The topological polar surface area (TPSA) is 26.0 Å². The Labute approximate surface area is 91.1 Å². The molecule has 2 N–H and O–H groups in total. The van der Waals surface area contributed by atoms with Crippen LogP contribution in [0, 0.1) is 0 Å². The van der Waals surface area contributed by atoms with Gasteiger partial charge in [0.15, 0.2) is 0 Å². The van der Waals surface area contributed by atoms with Crippen LogP contribution in [0.5, 0.6) is 0 Å². The van der Waals surface area contributed by atoms with Crippen molar-refractivity contribution < 1.29 is 0 Å². The van der Waals surface area contributed by atoms with Gasteiger partial charge in [-0.05, 0) is 24.5 Å². The molecule has 0 radical (unpaired) electrons. The molecule has 0 bridgehead atoms. The van der Waals surface area contributed by atoms with Gasteiger partial charge in [-0.1, -0.05) is 31.0 Å². The second kappa shape index (κ2) is 3.85. The highest BCUT2D eigenvalue weighted by molar-refractivity contribution is 7.80. The van der Waals surface area contributed by atoms with E-state index in [0.29, 0.717) is 0 Å². The van der Waals surface area contributed by atoms with Gasteiger partial charge in [-0.25, -0.2) is 0 Å². The lowest BCUT2D eigenvalue weighted by Gasteiger charge is -2.28. The predicted octanol–water partition coefficient (Wildman–Crippen LogP) is 3.01.